The van der Waals surface area contributed by atoms with Crippen LogP contribution >= 0.6 is 27.3 Å². The molecule has 5 heteroatoms. The van der Waals surface area contributed by atoms with Crippen molar-refractivity contribution in [2.24, 2.45) is 0 Å². The Hall–Kier alpha value is -0.550. The van der Waals surface area contributed by atoms with Crippen molar-refractivity contribution in [1.82, 2.24) is 4.98 Å². The lowest BCUT2D eigenvalue weighted by Gasteiger charge is -1.98. The van der Waals surface area contributed by atoms with Crippen LogP contribution in [0.3, 0.4) is 0 Å². The summed E-state index contributed by atoms with van der Waals surface area (Å²) in [4.78, 5) is 3.99. The van der Waals surface area contributed by atoms with Crippen LogP contribution in [-0.2, 0) is 0 Å². The quantitative estimate of drug-likeness (QED) is 0.758. The molecule has 0 amide bonds. The van der Waals surface area contributed by atoms with Gasteiger partial charge in [-0.15, -0.1) is 11.3 Å². The number of halogens is 3. The first-order chi connectivity index (χ1) is 6.18. The molecule has 0 aliphatic carbocycles. The third-order valence-corrected chi connectivity index (χ3v) is 3.13. The normalized spacial score (nSPS) is 11.4. The van der Waals surface area contributed by atoms with E-state index in [-0.39, 0.29) is 5.56 Å². The summed E-state index contributed by atoms with van der Waals surface area (Å²) in [7, 11) is 0. The topological polar surface area (TPSA) is 12.9 Å². The van der Waals surface area contributed by atoms with Gasteiger partial charge in [-0.1, -0.05) is 12.1 Å². The molecule has 0 spiro atoms. The molecule has 0 aliphatic heterocycles. The molecule has 0 atom stereocenters. The van der Waals surface area contributed by atoms with Gasteiger partial charge in [0.2, 0.25) is 0 Å². The summed E-state index contributed by atoms with van der Waals surface area (Å²) in [6.45, 7) is 0. The zero-order valence-corrected chi connectivity index (χ0v) is 8.70. The van der Waals surface area contributed by atoms with Gasteiger partial charge < -0.3 is 0 Å². The standard InChI is InChI=1S/C8H4BrF2NS/c9-8-12-6-4(7(10)11)2-1-3-5(6)13-8/h1-3,7H. The van der Waals surface area contributed by atoms with Crippen molar-refractivity contribution in [2.45, 2.75) is 6.43 Å². The Kier molecular flexibility index (Phi) is 2.29. The monoisotopic (exact) mass is 263 g/mol. The molecule has 1 heterocycles. The number of benzene rings is 1. The Morgan fingerprint density at radius 1 is 1.38 bits per heavy atom. The third-order valence-electron chi connectivity index (χ3n) is 1.66. The number of nitrogens with zero attached hydrogens (tertiary/aromatic N) is 1. The molecule has 0 N–H and O–H groups in total. The maximum Gasteiger partial charge on any atom is 0.265 e. The van der Waals surface area contributed by atoms with Gasteiger partial charge in [-0.3, -0.25) is 0 Å². The number of hydrogen-bond donors (Lipinski definition) is 0. The Bertz CT molecular complexity index is 441. The highest BCUT2D eigenvalue weighted by molar-refractivity contribution is 9.11. The van der Waals surface area contributed by atoms with E-state index in [0.29, 0.717) is 9.43 Å². The van der Waals surface area contributed by atoms with E-state index in [0.717, 1.165) is 4.70 Å². The van der Waals surface area contributed by atoms with Crippen LogP contribution in [0.4, 0.5) is 8.78 Å². The molecule has 13 heavy (non-hydrogen) atoms. The number of alkyl halides is 2. The maximum absolute atomic E-state index is 12.5. The number of rotatable bonds is 1. The Morgan fingerprint density at radius 3 is 2.85 bits per heavy atom. The summed E-state index contributed by atoms with van der Waals surface area (Å²) < 4.78 is 26.3. The lowest BCUT2D eigenvalue weighted by atomic mass is 10.2. The molecular weight excluding hydrogens is 260 g/mol. The van der Waals surface area contributed by atoms with E-state index >= 15 is 0 Å². The highest BCUT2D eigenvalue weighted by Crippen LogP contribution is 2.32. The van der Waals surface area contributed by atoms with Crippen molar-refractivity contribution in [3.8, 4) is 0 Å². The molecule has 0 saturated carbocycles. The smallest absolute Gasteiger partial charge is 0.229 e. The molecule has 1 aromatic carbocycles. The molecule has 68 valence electrons. The van der Waals surface area contributed by atoms with Gasteiger partial charge in [0.05, 0.1) is 10.2 Å². The predicted octanol–water partition coefficient (Wildman–Crippen LogP) is 4.00. The van der Waals surface area contributed by atoms with Crippen LogP contribution in [0.2, 0.25) is 0 Å². The highest BCUT2D eigenvalue weighted by Gasteiger charge is 2.13. The van der Waals surface area contributed by atoms with Crippen molar-refractivity contribution in [1.29, 1.82) is 0 Å². The van der Waals surface area contributed by atoms with Crippen LogP contribution in [0.25, 0.3) is 10.2 Å². The summed E-state index contributed by atoms with van der Waals surface area (Å²) in [5.74, 6) is 0. The van der Waals surface area contributed by atoms with Crippen LogP contribution in [-0.4, -0.2) is 4.98 Å². The van der Waals surface area contributed by atoms with Gasteiger partial charge in [-0.2, -0.15) is 0 Å². The first-order valence-corrected chi connectivity index (χ1v) is 5.12. The van der Waals surface area contributed by atoms with Gasteiger partial charge in [-0.05, 0) is 22.0 Å². The lowest BCUT2D eigenvalue weighted by Crippen LogP contribution is -1.84. The average Bonchev–Trinajstić information content (AvgIpc) is 2.43. The second-order valence-corrected chi connectivity index (χ2v) is 4.77. The minimum atomic E-state index is -2.46. The number of aromatic nitrogens is 1. The third kappa shape index (κ3) is 1.58. The number of thiazole rings is 1. The van der Waals surface area contributed by atoms with Gasteiger partial charge in [0.25, 0.3) is 6.43 Å². The lowest BCUT2D eigenvalue weighted by molar-refractivity contribution is 0.153. The second-order valence-electron chi connectivity index (χ2n) is 2.46. The largest absolute Gasteiger partial charge is 0.265 e. The van der Waals surface area contributed by atoms with E-state index in [2.05, 4.69) is 20.9 Å². The summed E-state index contributed by atoms with van der Waals surface area (Å²) in [5.41, 5.74) is 0.397. The molecule has 0 aliphatic rings. The van der Waals surface area contributed by atoms with Crippen molar-refractivity contribution in [2.75, 3.05) is 0 Å². The zero-order chi connectivity index (χ0) is 9.42. The molecule has 2 rings (SSSR count). The number of fused-ring (bicyclic) bond motifs is 1. The van der Waals surface area contributed by atoms with Crippen LogP contribution in [0.1, 0.15) is 12.0 Å². The summed E-state index contributed by atoms with van der Waals surface area (Å²) in [6, 6.07) is 4.80. The maximum atomic E-state index is 12.5. The van der Waals surface area contributed by atoms with Gasteiger partial charge >= 0.3 is 0 Å². The van der Waals surface area contributed by atoms with Crippen molar-refractivity contribution < 1.29 is 8.78 Å². The van der Waals surface area contributed by atoms with E-state index in [1.165, 1.54) is 17.4 Å². The predicted molar refractivity (Wildman–Crippen MR) is 52.3 cm³/mol. The first-order valence-electron chi connectivity index (χ1n) is 3.51. The van der Waals surface area contributed by atoms with E-state index in [9.17, 15) is 8.78 Å². The van der Waals surface area contributed by atoms with Crippen molar-refractivity contribution in [3.63, 3.8) is 0 Å². The van der Waals surface area contributed by atoms with Crippen LogP contribution in [0, 0.1) is 0 Å². The Balaban J connectivity index is 2.75. The van der Waals surface area contributed by atoms with Gasteiger partial charge in [0, 0.05) is 5.56 Å². The molecule has 0 unspecified atom stereocenters. The van der Waals surface area contributed by atoms with Crippen LogP contribution in [0.15, 0.2) is 22.1 Å². The van der Waals surface area contributed by atoms with E-state index in [4.69, 9.17) is 0 Å². The van der Waals surface area contributed by atoms with Gasteiger partial charge in [0.1, 0.15) is 0 Å². The highest BCUT2D eigenvalue weighted by atomic mass is 79.9. The fourth-order valence-electron chi connectivity index (χ4n) is 1.12. The van der Waals surface area contributed by atoms with Gasteiger partial charge in [0.15, 0.2) is 3.92 Å². The van der Waals surface area contributed by atoms with E-state index < -0.39 is 6.43 Å². The summed E-state index contributed by atoms with van der Waals surface area (Å²) in [5, 5.41) is 0. The fourth-order valence-corrected chi connectivity index (χ4v) is 2.54. The molecule has 0 bridgehead atoms. The van der Waals surface area contributed by atoms with Crippen molar-refractivity contribution >= 4 is 37.5 Å². The van der Waals surface area contributed by atoms with E-state index in [1.807, 2.05) is 0 Å². The first kappa shape index (κ1) is 9.02. The Labute approximate surface area is 85.5 Å². The van der Waals surface area contributed by atoms with Crippen molar-refractivity contribution in [3.05, 3.63) is 27.7 Å². The van der Waals surface area contributed by atoms with Gasteiger partial charge in [-0.25, -0.2) is 13.8 Å². The minimum absolute atomic E-state index is 0.000509. The van der Waals surface area contributed by atoms with E-state index in [1.54, 1.807) is 12.1 Å². The fraction of sp³-hybridized carbons (Fsp3) is 0.125. The molecule has 0 saturated heterocycles. The zero-order valence-electron chi connectivity index (χ0n) is 6.30. The Morgan fingerprint density at radius 2 is 2.15 bits per heavy atom. The second kappa shape index (κ2) is 3.31. The molecule has 0 fully saturated rings. The molecular formula is C8H4BrF2NS. The molecule has 0 radical (unpaired) electrons. The molecule has 1 nitrogen and oxygen atoms in total. The number of para-hydroxylation sites is 1. The SMILES string of the molecule is FC(F)c1cccc2sc(Br)nc12. The summed E-state index contributed by atoms with van der Waals surface area (Å²) >= 11 is 4.53. The van der Waals surface area contributed by atoms with Crippen LogP contribution in [0.5, 0.6) is 0 Å². The average molecular weight is 264 g/mol. The molecule has 1 aromatic heterocycles. The minimum Gasteiger partial charge on any atom is -0.229 e. The van der Waals surface area contributed by atoms with Crippen LogP contribution < -0.4 is 0 Å². The summed E-state index contributed by atoms with van der Waals surface area (Å²) in [6.07, 6.45) is -2.46. The number of hydrogen-bond acceptors (Lipinski definition) is 2. The molecule has 2 aromatic rings.